The van der Waals surface area contributed by atoms with Crippen molar-refractivity contribution in [3.8, 4) is 0 Å². The highest BCUT2D eigenvalue weighted by molar-refractivity contribution is 9.10. The SMILES string of the molecule is NC(c1cc(F)ccc1Br)c1sccc1Cl. The molecular weight excluding hydrogens is 313 g/mol. The summed E-state index contributed by atoms with van der Waals surface area (Å²) in [4.78, 5) is 0.841. The molecule has 0 amide bonds. The Balaban J connectivity index is 2.45. The van der Waals surface area contributed by atoms with Crippen molar-refractivity contribution in [2.45, 2.75) is 6.04 Å². The minimum atomic E-state index is -0.405. The Morgan fingerprint density at radius 2 is 2.12 bits per heavy atom. The van der Waals surface area contributed by atoms with Crippen LogP contribution >= 0.6 is 38.9 Å². The third-order valence-corrected chi connectivity index (χ3v) is 4.38. The Kier molecular flexibility index (Phi) is 3.64. The fraction of sp³-hybridized carbons (Fsp3) is 0.0909. The molecule has 0 saturated carbocycles. The van der Waals surface area contributed by atoms with E-state index in [4.69, 9.17) is 17.3 Å². The average Bonchev–Trinajstić information content (AvgIpc) is 2.67. The molecule has 0 aliphatic carbocycles. The van der Waals surface area contributed by atoms with Gasteiger partial charge in [0, 0.05) is 9.35 Å². The Labute approximate surface area is 110 Å². The first-order valence-electron chi connectivity index (χ1n) is 4.53. The summed E-state index contributed by atoms with van der Waals surface area (Å²) >= 11 is 10.8. The van der Waals surface area contributed by atoms with Crippen LogP contribution in [0.4, 0.5) is 4.39 Å². The molecule has 0 fully saturated rings. The van der Waals surface area contributed by atoms with E-state index in [0.717, 1.165) is 9.35 Å². The molecule has 1 aromatic heterocycles. The molecule has 0 saturated heterocycles. The molecule has 1 heterocycles. The topological polar surface area (TPSA) is 26.0 Å². The van der Waals surface area contributed by atoms with Crippen molar-refractivity contribution < 1.29 is 4.39 Å². The predicted molar refractivity (Wildman–Crippen MR) is 69.5 cm³/mol. The number of hydrogen-bond acceptors (Lipinski definition) is 2. The van der Waals surface area contributed by atoms with Crippen LogP contribution in [0.15, 0.2) is 34.1 Å². The summed E-state index contributed by atoms with van der Waals surface area (Å²) in [5, 5.41) is 2.48. The summed E-state index contributed by atoms with van der Waals surface area (Å²) in [6, 6.07) is 5.83. The molecule has 0 aliphatic rings. The van der Waals surface area contributed by atoms with Crippen molar-refractivity contribution in [3.05, 3.63) is 55.4 Å². The van der Waals surface area contributed by atoms with E-state index in [1.165, 1.54) is 23.5 Å². The number of nitrogens with two attached hydrogens (primary N) is 1. The predicted octanol–water partition coefficient (Wildman–Crippen LogP) is 4.35. The van der Waals surface area contributed by atoms with Gasteiger partial charge in [-0.15, -0.1) is 11.3 Å². The minimum Gasteiger partial charge on any atom is -0.320 e. The van der Waals surface area contributed by atoms with Gasteiger partial charge >= 0.3 is 0 Å². The lowest BCUT2D eigenvalue weighted by Gasteiger charge is -2.13. The summed E-state index contributed by atoms with van der Waals surface area (Å²) in [7, 11) is 0. The zero-order valence-corrected chi connectivity index (χ0v) is 11.2. The summed E-state index contributed by atoms with van der Waals surface area (Å²) in [6.45, 7) is 0. The molecule has 5 heteroatoms. The van der Waals surface area contributed by atoms with E-state index in [9.17, 15) is 4.39 Å². The fourth-order valence-corrected chi connectivity index (χ4v) is 3.11. The molecule has 0 aliphatic heterocycles. The van der Waals surface area contributed by atoms with E-state index in [1.807, 2.05) is 5.38 Å². The van der Waals surface area contributed by atoms with E-state index >= 15 is 0 Å². The van der Waals surface area contributed by atoms with Gasteiger partial charge in [0.2, 0.25) is 0 Å². The number of halogens is 3. The van der Waals surface area contributed by atoms with Crippen molar-refractivity contribution >= 4 is 38.9 Å². The number of benzene rings is 1. The normalized spacial score (nSPS) is 12.8. The lowest BCUT2D eigenvalue weighted by Crippen LogP contribution is -2.11. The summed E-state index contributed by atoms with van der Waals surface area (Å²) in [5.74, 6) is -0.304. The van der Waals surface area contributed by atoms with Crippen LogP contribution in [-0.4, -0.2) is 0 Å². The van der Waals surface area contributed by atoms with Crippen molar-refractivity contribution in [1.82, 2.24) is 0 Å². The van der Waals surface area contributed by atoms with Crippen LogP contribution in [0.3, 0.4) is 0 Å². The summed E-state index contributed by atoms with van der Waals surface area (Å²) in [5.41, 5.74) is 6.76. The number of thiophene rings is 1. The second-order valence-corrected chi connectivity index (χ2v) is 5.49. The lowest BCUT2D eigenvalue weighted by atomic mass is 10.1. The second-order valence-electron chi connectivity index (χ2n) is 3.28. The van der Waals surface area contributed by atoms with Gasteiger partial charge < -0.3 is 5.73 Å². The third kappa shape index (κ3) is 2.30. The standard InChI is InChI=1S/C11H8BrClFNS/c12-8-2-1-6(14)5-7(8)10(15)11-9(13)3-4-16-11/h1-5,10H,15H2. The van der Waals surface area contributed by atoms with Gasteiger partial charge in [0.1, 0.15) is 5.82 Å². The summed E-state index contributed by atoms with van der Waals surface area (Å²) < 4.78 is 13.9. The van der Waals surface area contributed by atoms with Crippen LogP contribution in [0.1, 0.15) is 16.5 Å². The van der Waals surface area contributed by atoms with E-state index in [0.29, 0.717) is 10.6 Å². The second kappa shape index (κ2) is 4.84. The molecule has 2 aromatic rings. The molecule has 16 heavy (non-hydrogen) atoms. The van der Waals surface area contributed by atoms with Gasteiger partial charge in [0.25, 0.3) is 0 Å². The van der Waals surface area contributed by atoms with Crippen molar-refractivity contribution in [2.75, 3.05) is 0 Å². The van der Waals surface area contributed by atoms with Crippen LogP contribution in [0.2, 0.25) is 5.02 Å². The third-order valence-electron chi connectivity index (χ3n) is 2.22. The van der Waals surface area contributed by atoms with Gasteiger partial charge in [-0.2, -0.15) is 0 Å². The molecule has 0 spiro atoms. The number of hydrogen-bond donors (Lipinski definition) is 1. The molecule has 1 atom stereocenters. The smallest absolute Gasteiger partial charge is 0.123 e. The van der Waals surface area contributed by atoms with Crippen LogP contribution in [0.25, 0.3) is 0 Å². The largest absolute Gasteiger partial charge is 0.320 e. The Bertz CT molecular complexity index is 514. The first-order valence-corrected chi connectivity index (χ1v) is 6.58. The molecule has 0 bridgehead atoms. The lowest BCUT2D eigenvalue weighted by molar-refractivity contribution is 0.623. The van der Waals surface area contributed by atoms with E-state index in [2.05, 4.69) is 15.9 Å². The maximum absolute atomic E-state index is 13.1. The highest BCUT2D eigenvalue weighted by Gasteiger charge is 2.17. The monoisotopic (exact) mass is 319 g/mol. The van der Waals surface area contributed by atoms with E-state index in [-0.39, 0.29) is 5.82 Å². The van der Waals surface area contributed by atoms with Gasteiger partial charge in [0.15, 0.2) is 0 Å². The van der Waals surface area contributed by atoms with Crippen molar-refractivity contribution in [1.29, 1.82) is 0 Å². The molecule has 1 aromatic carbocycles. The maximum Gasteiger partial charge on any atom is 0.123 e. The van der Waals surface area contributed by atoms with Gasteiger partial charge in [-0.3, -0.25) is 0 Å². The fourth-order valence-electron chi connectivity index (χ4n) is 1.42. The van der Waals surface area contributed by atoms with Gasteiger partial charge in [-0.1, -0.05) is 27.5 Å². The molecule has 0 radical (unpaired) electrons. The first-order chi connectivity index (χ1) is 7.59. The highest BCUT2D eigenvalue weighted by Crippen LogP contribution is 2.34. The van der Waals surface area contributed by atoms with Crippen LogP contribution in [0, 0.1) is 5.82 Å². The Morgan fingerprint density at radius 1 is 1.38 bits per heavy atom. The van der Waals surface area contributed by atoms with Gasteiger partial charge in [-0.05, 0) is 35.2 Å². The van der Waals surface area contributed by atoms with Gasteiger partial charge in [-0.25, -0.2) is 4.39 Å². The molecule has 2 rings (SSSR count). The zero-order valence-electron chi connectivity index (χ0n) is 8.08. The average molecular weight is 321 g/mol. The zero-order chi connectivity index (χ0) is 11.7. The van der Waals surface area contributed by atoms with Crippen molar-refractivity contribution in [2.24, 2.45) is 5.73 Å². The summed E-state index contributed by atoms with van der Waals surface area (Å²) in [6.07, 6.45) is 0. The maximum atomic E-state index is 13.1. The molecule has 84 valence electrons. The molecular formula is C11H8BrClFNS. The van der Waals surface area contributed by atoms with Crippen LogP contribution in [-0.2, 0) is 0 Å². The van der Waals surface area contributed by atoms with Gasteiger partial charge in [0.05, 0.1) is 11.1 Å². The number of rotatable bonds is 2. The highest BCUT2D eigenvalue weighted by atomic mass is 79.9. The Hall–Kier alpha value is -0.420. The van der Waals surface area contributed by atoms with E-state index in [1.54, 1.807) is 12.1 Å². The Morgan fingerprint density at radius 3 is 2.75 bits per heavy atom. The van der Waals surface area contributed by atoms with E-state index < -0.39 is 6.04 Å². The quantitative estimate of drug-likeness (QED) is 0.874. The first kappa shape index (κ1) is 12.0. The molecule has 1 nitrogen and oxygen atoms in total. The van der Waals surface area contributed by atoms with Crippen LogP contribution in [0.5, 0.6) is 0 Å². The molecule has 2 N–H and O–H groups in total. The minimum absolute atomic E-state index is 0.304. The van der Waals surface area contributed by atoms with Crippen LogP contribution < -0.4 is 5.73 Å². The molecule has 1 unspecified atom stereocenters. The van der Waals surface area contributed by atoms with Crippen molar-refractivity contribution in [3.63, 3.8) is 0 Å².